The highest BCUT2D eigenvalue weighted by Gasteiger charge is 2.19. The predicted octanol–water partition coefficient (Wildman–Crippen LogP) is 4.67. The Hall–Kier alpha value is -1.74. The lowest BCUT2D eigenvalue weighted by atomic mass is 9.93. The van der Waals surface area contributed by atoms with Crippen LogP contribution >= 0.6 is 0 Å². The Kier molecular flexibility index (Phi) is 5.07. The molecule has 0 heterocycles. The van der Waals surface area contributed by atoms with Crippen LogP contribution in [0, 0.1) is 25.5 Å². The van der Waals surface area contributed by atoms with Gasteiger partial charge in [0.15, 0.2) is 0 Å². The van der Waals surface area contributed by atoms with Gasteiger partial charge in [0.25, 0.3) is 0 Å². The third kappa shape index (κ3) is 3.67. The van der Waals surface area contributed by atoms with Gasteiger partial charge >= 0.3 is 0 Å². The SMILES string of the molecule is CCCNC(c1cc(C)ccc1C)c1cc(F)ccc1F. The lowest BCUT2D eigenvalue weighted by molar-refractivity contribution is 0.534. The van der Waals surface area contributed by atoms with Crippen LogP contribution in [0.15, 0.2) is 36.4 Å². The summed E-state index contributed by atoms with van der Waals surface area (Å²) in [5.74, 6) is -0.800. The molecule has 0 spiro atoms. The number of rotatable bonds is 5. The molecular weight excluding hydrogens is 268 g/mol. The van der Waals surface area contributed by atoms with Crippen LogP contribution in [0.3, 0.4) is 0 Å². The highest BCUT2D eigenvalue weighted by atomic mass is 19.1. The summed E-state index contributed by atoms with van der Waals surface area (Å²) in [6, 6.07) is 9.37. The maximum Gasteiger partial charge on any atom is 0.128 e. The van der Waals surface area contributed by atoms with Gasteiger partial charge in [0, 0.05) is 5.56 Å². The van der Waals surface area contributed by atoms with Crippen LogP contribution in [-0.2, 0) is 0 Å². The zero-order valence-corrected chi connectivity index (χ0v) is 12.7. The van der Waals surface area contributed by atoms with Crippen molar-refractivity contribution < 1.29 is 8.78 Å². The minimum absolute atomic E-state index is 0.333. The van der Waals surface area contributed by atoms with E-state index in [-0.39, 0.29) is 11.9 Å². The van der Waals surface area contributed by atoms with Crippen molar-refractivity contribution in [3.63, 3.8) is 0 Å². The van der Waals surface area contributed by atoms with Gasteiger partial charge in [-0.25, -0.2) is 8.78 Å². The van der Waals surface area contributed by atoms with Crippen LogP contribution in [0.2, 0.25) is 0 Å². The fourth-order valence-electron chi connectivity index (χ4n) is 2.48. The first kappa shape index (κ1) is 15.6. The third-order valence-electron chi connectivity index (χ3n) is 3.61. The molecule has 1 unspecified atom stereocenters. The maximum atomic E-state index is 14.2. The molecule has 0 saturated heterocycles. The molecule has 2 aromatic rings. The number of benzene rings is 2. The smallest absolute Gasteiger partial charge is 0.128 e. The van der Waals surface area contributed by atoms with E-state index in [9.17, 15) is 8.78 Å². The molecular formula is C18H21F2N. The van der Waals surface area contributed by atoms with Crippen molar-refractivity contribution in [1.82, 2.24) is 5.32 Å². The van der Waals surface area contributed by atoms with Crippen molar-refractivity contribution in [1.29, 1.82) is 0 Å². The van der Waals surface area contributed by atoms with Crippen LogP contribution in [0.5, 0.6) is 0 Å². The van der Waals surface area contributed by atoms with Crippen LogP contribution in [0.25, 0.3) is 0 Å². The van der Waals surface area contributed by atoms with Crippen molar-refractivity contribution >= 4 is 0 Å². The summed E-state index contributed by atoms with van der Waals surface area (Å²) in [6.45, 7) is 6.79. The van der Waals surface area contributed by atoms with Crippen LogP contribution < -0.4 is 5.32 Å². The highest BCUT2D eigenvalue weighted by molar-refractivity contribution is 5.39. The van der Waals surface area contributed by atoms with Gasteiger partial charge in [-0.15, -0.1) is 0 Å². The van der Waals surface area contributed by atoms with E-state index in [2.05, 4.69) is 12.2 Å². The first-order valence-corrected chi connectivity index (χ1v) is 7.28. The molecule has 21 heavy (non-hydrogen) atoms. The summed E-state index contributed by atoms with van der Waals surface area (Å²) < 4.78 is 27.7. The van der Waals surface area contributed by atoms with E-state index in [0.29, 0.717) is 5.56 Å². The van der Waals surface area contributed by atoms with Gasteiger partial charge < -0.3 is 5.32 Å². The molecule has 112 valence electrons. The quantitative estimate of drug-likeness (QED) is 0.843. The minimum atomic E-state index is -0.417. The van der Waals surface area contributed by atoms with E-state index in [1.165, 1.54) is 12.1 Å². The summed E-state index contributed by atoms with van der Waals surface area (Å²) in [6.07, 6.45) is 0.929. The average Bonchev–Trinajstić information content (AvgIpc) is 2.46. The number of hydrogen-bond donors (Lipinski definition) is 1. The molecule has 3 heteroatoms. The minimum Gasteiger partial charge on any atom is -0.306 e. The van der Waals surface area contributed by atoms with Gasteiger partial charge in [0.05, 0.1) is 6.04 Å². The lowest BCUT2D eigenvalue weighted by Gasteiger charge is -2.22. The first-order chi connectivity index (χ1) is 10.0. The summed E-state index contributed by atoms with van der Waals surface area (Å²) in [5.41, 5.74) is 3.53. The zero-order valence-electron chi connectivity index (χ0n) is 12.7. The molecule has 0 bridgehead atoms. The Morgan fingerprint density at radius 3 is 2.48 bits per heavy atom. The summed E-state index contributed by atoms with van der Waals surface area (Å²) in [5, 5.41) is 3.33. The van der Waals surface area contributed by atoms with E-state index in [1.54, 1.807) is 0 Å². The zero-order chi connectivity index (χ0) is 15.4. The summed E-state index contributed by atoms with van der Waals surface area (Å²) in [4.78, 5) is 0. The summed E-state index contributed by atoms with van der Waals surface area (Å²) >= 11 is 0. The molecule has 0 aliphatic heterocycles. The van der Waals surface area contributed by atoms with E-state index in [1.807, 2.05) is 32.0 Å². The van der Waals surface area contributed by atoms with Crippen LogP contribution in [0.1, 0.15) is 41.6 Å². The Morgan fingerprint density at radius 1 is 1.00 bits per heavy atom. The number of nitrogens with one attached hydrogen (secondary N) is 1. The summed E-state index contributed by atoms with van der Waals surface area (Å²) in [7, 11) is 0. The first-order valence-electron chi connectivity index (χ1n) is 7.28. The third-order valence-corrected chi connectivity index (χ3v) is 3.61. The molecule has 1 N–H and O–H groups in total. The molecule has 0 aromatic heterocycles. The Balaban J connectivity index is 2.52. The van der Waals surface area contributed by atoms with Crippen LogP contribution in [-0.4, -0.2) is 6.54 Å². The molecule has 2 aromatic carbocycles. The highest BCUT2D eigenvalue weighted by Crippen LogP contribution is 2.28. The van der Waals surface area contributed by atoms with Gasteiger partial charge in [-0.3, -0.25) is 0 Å². The molecule has 0 amide bonds. The lowest BCUT2D eigenvalue weighted by Crippen LogP contribution is -2.25. The van der Waals surface area contributed by atoms with Crippen molar-refractivity contribution in [2.45, 2.75) is 33.2 Å². The molecule has 0 fully saturated rings. The van der Waals surface area contributed by atoms with Crippen molar-refractivity contribution in [2.24, 2.45) is 0 Å². The van der Waals surface area contributed by atoms with Gasteiger partial charge in [-0.05, 0) is 56.1 Å². The monoisotopic (exact) mass is 289 g/mol. The van der Waals surface area contributed by atoms with Gasteiger partial charge in [0.2, 0.25) is 0 Å². The number of aryl methyl sites for hydroxylation is 2. The second kappa shape index (κ2) is 6.81. The number of halogens is 2. The van der Waals surface area contributed by atoms with Crippen LogP contribution in [0.4, 0.5) is 8.78 Å². The predicted molar refractivity (Wildman–Crippen MR) is 82.4 cm³/mol. The van der Waals surface area contributed by atoms with E-state index >= 15 is 0 Å². The fourth-order valence-corrected chi connectivity index (χ4v) is 2.48. The van der Waals surface area contributed by atoms with E-state index < -0.39 is 5.82 Å². The fraction of sp³-hybridized carbons (Fsp3) is 0.333. The largest absolute Gasteiger partial charge is 0.306 e. The van der Waals surface area contributed by atoms with E-state index in [0.717, 1.165) is 35.7 Å². The molecule has 2 rings (SSSR count). The standard InChI is InChI=1S/C18H21F2N/c1-4-9-21-18(15-10-12(2)5-6-13(15)3)16-11-14(19)7-8-17(16)20/h5-8,10-11,18,21H,4,9H2,1-3H3. The molecule has 1 nitrogen and oxygen atoms in total. The average molecular weight is 289 g/mol. The molecule has 0 saturated carbocycles. The normalized spacial score (nSPS) is 12.4. The second-order valence-corrected chi connectivity index (χ2v) is 5.41. The number of hydrogen-bond acceptors (Lipinski definition) is 1. The molecule has 0 radical (unpaired) electrons. The van der Waals surface area contributed by atoms with Gasteiger partial charge in [-0.1, -0.05) is 30.7 Å². The Bertz CT molecular complexity index is 571. The second-order valence-electron chi connectivity index (χ2n) is 5.41. The topological polar surface area (TPSA) is 12.0 Å². The maximum absolute atomic E-state index is 14.2. The van der Waals surface area contributed by atoms with Crippen molar-refractivity contribution in [3.05, 3.63) is 70.3 Å². The Morgan fingerprint density at radius 2 is 1.76 bits per heavy atom. The van der Waals surface area contributed by atoms with E-state index in [4.69, 9.17) is 0 Å². The molecule has 0 aliphatic carbocycles. The van der Waals surface area contributed by atoms with Gasteiger partial charge in [0.1, 0.15) is 11.6 Å². The van der Waals surface area contributed by atoms with Crippen molar-refractivity contribution in [2.75, 3.05) is 6.54 Å². The Labute approximate surface area is 125 Å². The molecule has 0 aliphatic rings. The molecule has 1 atom stereocenters. The van der Waals surface area contributed by atoms with Crippen molar-refractivity contribution in [3.8, 4) is 0 Å². The van der Waals surface area contributed by atoms with Gasteiger partial charge in [-0.2, -0.15) is 0 Å².